The molecule has 0 unspecified atom stereocenters. The first-order valence-corrected chi connectivity index (χ1v) is 19.9. The van der Waals surface area contributed by atoms with Crippen molar-refractivity contribution in [2.45, 2.75) is 19.3 Å². The molecule has 1 aliphatic rings. The third kappa shape index (κ3) is 5.13. The van der Waals surface area contributed by atoms with Crippen molar-refractivity contribution < 1.29 is 0 Å². The number of fused-ring (bicyclic) bond motifs is 8. The van der Waals surface area contributed by atoms with E-state index in [1.54, 1.807) is 0 Å². The van der Waals surface area contributed by atoms with E-state index in [1.165, 1.54) is 86.2 Å². The lowest BCUT2D eigenvalue weighted by atomic mass is 9.82. The molecule has 10 aromatic rings. The van der Waals surface area contributed by atoms with Gasteiger partial charge in [-0.2, -0.15) is 0 Å². The van der Waals surface area contributed by atoms with Crippen LogP contribution in [0.1, 0.15) is 25.0 Å². The Hall–Kier alpha value is -6.48. The molecule has 0 radical (unpaired) electrons. The summed E-state index contributed by atoms with van der Waals surface area (Å²) in [7, 11) is 0. The van der Waals surface area contributed by atoms with Crippen molar-refractivity contribution in [3.63, 3.8) is 0 Å². The second kappa shape index (κ2) is 12.3. The van der Waals surface area contributed by atoms with Crippen LogP contribution in [0, 0.1) is 0 Å². The fourth-order valence-corrected chi connectivity index (χ4v) is 10.1. The van der Waals surface area contributed by atoms with Gasteiger partial charge in [0.2, 0.25) is 0 Å². The Labute approximate surface area is 325 Å². The Kier molecular flexibility index (Phi) is 7.14. The van der Waals surface area contributed by atoms with E-state index in [4.69, 9.17) is 0 Å². The average molecular weight is 720 g/mol. The van der Waals surface area contributed by atoms with Gasteiger partial charge in [0.15, 0.2) is 0 Å². The molecule has 55 heavy (non-hydrogen) atoms. The van der Waals surface area contributed by atoms with Crippen LogP contribution in [0.2, 0.25) is 0 Å². The number of anilines is 3. The van der Waals surface area contributed by atoms with Gasteiger partial charge in [0.1, 0.15) is 0 Å². The molecular formula is C53H37NS. The fourth-order valence-electron chi connectivity index (χ4n) is 9.03. The van der Waals surface area contributed by atoms with Crippen molar-refractivity contribution >= 4 is 70.1 Å². The van der Waals surface area contributed by atoms with Gasteiger partial charge in [0, 0.05) is 42.6 Å². The molecule has 1 aromatic heterocycles. The van der Waals surface area contributed by atoms with Crippen molar-refractivity contribution in [1.29, 1.82) is 0 Å². The molecule has 0 saturated carbocycles. The smallest absolute Gasteiger partial charge is 0.0468 e. The van der Waals surface area contributed by atoms with E-state index in [0.29, 0.717) is 0 Å². The summed E-state index contributed by atoms with van der Waals surface area (Å²) in [5.41, 5.74) is 13.6. The van der Waals surface area contributed by atoms with Crippen molar-refractivity contribution in [2.75, 3.05) is 4.90 Å². The Morgan fingerprint density at radius 2 is 1.00 bits per heavy atom. The number of hydrogen-bond donors (Lipinski definition) is 0. The predicted octanol–water partition coefficient (Wildman–Crippen LogP) is 15.5. The van der Waals surface area contributed by atoms with Gasteiger partial charge in [-0.3, -0.25) is 0 Å². The molecule has 11 rings (SSSR count). The molecule has 0 fully saturated rings. The normalized spacial score (nSPS) is 13.1. The highest BCUT2D eigenvalue weighted by molar-refractivity contribution is 7.25. The van der Waals surface area contributed by atoms with Crippen LogP contribution in [0.15, 0.2) is 188 Å². The van der Waals surface area contributed by atoms with Crippen molar-refractivity contribution in [2.24, 2.45) is 0 Å². The van der Waals surface area contributed by atoms with Crippen molar-refractivity contribution in [3.8, 4) is 33.4 Å². The second-order valence-electron chi connectivity index (χ2n) is 15.4. The minimum Gasteiger partial charge on any atom is -0.310 e. The van der Waals surface area contributed by atoms with Gasteiger partial charge in [-0.1, -0.05) is 141 Å². The molecule has 0 N–H and O–H groups in total. The molecule has 0 spiro atoms. The Morgan fingerprint density at radius 1 is 0.364 bits per heavy atom. The molecule has 1 aliphatic carbocycles. The molecule has 9 aromatic carbocycles. The van der Waals surface area contributed by atoms with Gasteiger partial charge in [-0.05, 0) is 127 Å². The summed E-state index contributed by atoms with van der Waals surface area (Å²) in [5.74, 6) is 0. The zero-order valence-electron chi connectivity index (χ0n) is 30.8. The highest BCUT2D eigenvalue weighted by atomic mass is 32.1. The van der Waals surface area contributed by atoms with E-state index in [9.17, 15) is 0 Å². The van der Waals surface area contributed by atoms with E-state index in [1.807, 2.05) is 11.3 Å². The quantitative estimate of drug-likeness (QED) is 0.171. The van der Waals surface area contributed by atoms with Gasteiger partial charge in [-0.15, -0.1) is 11.3 Å². The van der Waals surface area contributed by atoms with Gasteiger partial charge >= 0.3 is 0 Å². The number of nitrogens with zero attached hydrogens (tertiary/aromatic N) is 1. The van der Waals surface area contributed by atoms with E-state index in [-0.39, 0.29) is 5.41 Å². The monoisotopic (exact) mass is 719 g/mol. The van der Waals surface area contributed by atoms with E-state index >= 15 is 0 Å². The minimum atomic E-state index is -0.0484. The van der Waals surface area contributed by atoms with Crippen LogP contribution in [0.3, 0.4) is 0 Å². The third-order valence-corrected chi connectivity index (χ3v) is 13.0. The van der Waals surface area contributed by atoms with Gasteiger partial charge in [-0.25, -0.2) is 0 Å². The average Bonchev–Trinajstić information content (AvgIpc) is 3.70. The first kappa shape index (κ1) is 32.0. The lowest BCUT2D eigenvalue weighted by Crippen LogP contribution is -2.15. The minimum absolute atomic E-state index is 0.0484. The first-order chi connectivity index (χ1) is 27.0. The zero-order valence-corrected chi connectivity index (χ0v) is 31.6. The Morgan fingerprint density at radius 3 is 1.87 bits per heavy atom. The molecule has 0 amide bonds. The highest BCUT2D eigenvalue weighted by Gasteiger charge is 2.35. The molecular weight excluding hydrogens is 683 g/mol. The lowest BCUT2D eigenvalue weighted by Gasteiger charge is -2.28. The molecule has 1 nitrogen and oxygen atoms in total. The largest absolute Gasteiger partial charge is 0.310 e. The fraction of sp³-hybridized carbons (Fsp3) is 0.0566. The topological polar surface area (TPSA) is 3.24 Å². The highest BCUT2D eigenvalue weighted by Crippen LogP contribution is 2.51. The summed E-state index contributed by atoms with van der Waals surface area (Å²) in [6.07, 6.45) is 0. The SMILES string of the molecule is CC1(C)c2ccccc2-c2cc(N(c3ccc(-c4ccc5sc6cc7ccccc7cc6c5c4)cc3)c3cccc(-c4cccc5ccccc45)c3)ccc21. The maximum Gasteiger partial charge on any atom is 0.0468 e. The Balaban J connectivity index is 1.04. The number of rotatable bonds is 5. The maximum absolute atomic E-state index is 2.42. The number of benzene rings is 9. The maximum atomic E-state index is 2.42. The summed E-state index contributed by atoms with van der Waals surface area (Å²) in [6, 6.07) is 69.7. The van der Waals surface area contributed by atoms with Crippen LogP contribution in [0.25, 0.3) is 75.1 Å². The van der Waals surface area contributed by atoms with E-state index in [0.717, 1.165) is 17.1 Å². The zero-order chi connectivity index (χ0) is 36.7. The molecule has 0 aliphatic heterocycles. The van der Waals surface area contributed by atoms with Gasteiger partial charge in [0.05, 0.1) is 0 Å². The molecule has 0 saturated heterocycles. The van der Waals surface area contributed by atoms with Gasteiger partial charge < -0.3 is 4.90 Å². The third-order valence-electron chi connectivity index (χ3n) is 11.8. The standard InChI is InChI=1S/C53H37NS/c1-53(2)49-20-8-7-18-45(49)46-33-42(26-27-50(46)53)54(41-16-9-15-39(29-41)44-19-10-14-35-11-5-6-17-43(35)44)40-24-21-34(22-25-40)38-23-28-51-47(31-38)48-30-36-12-3-4-13-37(36)32-52(48)55-51/h3-33H,1-2H3. The molecule has 2 heteroatoms. The van der Waals surface area contributed by atoms with Crippen LogP contribution in [-0.4, -0.2) is 0 Å². The molecule has 260 valence electrons. The Bertz CT molecular complexity index is 3120. The van der Waals surface area contributed by atoms with Crippen LogP contribution in [0.5, 0.6) is 0 Å². The number of hydrogen-bond acceptors (Lipinski definition) is 2. The summed E-state index contributed by atoms with van der Waals surface area (Å²) in [6.45, 7) is 4.69. The van der Waals surface area contributed by atoms with Crippen molar-refractivity contribution in [3.05, 3.63) is 199 Å². The molecule has 0 atom stereocenters. The van der Waals surface area contributed by atoms with E-state index < -0.39 is 0 Å². The van der Waals surface area contributed by atoms with Gasteiger partial charge in [0.25, 0.3) is 0 Å². The van der Waals surface area contributed by atoms with Crippen LogP contribution in [-0.2, 0) is 5.41 Å². The summed E-state index contributed by atoms with van der Waals surface area (Å²) in [5, 5.41) is 7.74. The van der Waals surface area contributed by atoms with Crippen LogP contribution >= 0.6 is 11.3 Å². The first-order valence-electron chi connectivity index (χ1n) is 19.1. The summed E-state index contributed by atoms with van der Waals surface area (Å²) < 4.78 is 2.66. The summed E-state index contributed by atoms with van der Waals surface area (Å²) in [4.78, 5) is 2.42. The molecule has 1 heterocycles. The lowest BCUT2D eigenvalue weighted by molar-refractivity contribution is 0.660. The van der Waals surface area contributed by atoms with Crippen LogP contribution in [0.4, 0.5) is 17.1 Å². The number of thiophene rings is 1. The predicted molar refractivity (Wildman–Crippen MR) is 237 cm³/mol. The van der Waals surface area contributed by atoms with Crippen molar-refractivity contribution in [1.82, 2.24) is 0 Å². The summed E-state index contributed by atoms with van der Waals surface area (Å²) >= 11 is 1.88. The molecule has 0 bridgehead atoms. The second-order valence-corrected chi connectivity index (χ2v) is 16.5. The van der Waals surface area contributed by atoms with E-state index in [2.05, 4.69) is 207 Å². The van der Waals surface area contributed by atoms with Crippen LogP contribution < -0.4 is 4.90 Å².